The monoisotopic (exact) mass is 422 g/mol. The number of hydrogen-bond acceptors (Lipinski definition) is 4. The Hall–Kier alpha value is -1.89. The van der Waals surface area contributed by atoms with Crippen LogP contribution in [0.2, 0.25) is 5.02 Å². The van der Waals surface area contributed by atoms with Crippen LogP contribution in [-0.4, -0.2) is 11.1 Å². The van der Waals surface area contributed by atoms with Crippen LogP contribution >= 0.6 is 38.9 Å². The maximum absolute atomic E-state index is 12.0. The van der Waals surface area contributed by atoms with Crippen molar-refractivity contribution in [2.75, 3.05) is 5.32 Å². The number of benzene rings is 2. The summed E-state index contributed by atoms with van der Waals surface area (Å²) in [6, 6.07) is 15.0. The largest absolute Gasteiger partial charge is 0.444 e. The van der Waals surface area contributed by atoms with Crippen LogP contribution < -0.4 is 5.32 Å². The zero-order chi connectivity index (χ0) is 16.9. The third-order valence-electron chi connectivity index (χ3n) is 3.22. The van der Waals surface area contributed by atoms with Crippen molar-refractivity contribution in [1.29, 1.82) is 0 Å². The summed E-state index contributed by atoms with van der Waals surface area (Å²) in [5.41, 5.74) is 4.07. The second-order valence-corrected chi connectivity index (χ2v) is 7.01. The van der Waals surface area contributed by atoms with E-state index >= 15 is 0 Å². The van der Waals surface area contributed by atoms with E-state index in [4.69, 9.17) is 16.3 Å². The average Bonchev–Trinajstić information content (AvgIpc) is 3.03. The fourth-order valence-corrected chi connectivity index (χ4v) is 3.18. The predicted molar refractivity (Wildman–Crippen MR) is 101 cm³/mol. The molecule has 24 heavy (non-hydrogen) atoms. The third kappa shape index (κ3) is 4.14. The number of ether oxygens (including phenoxy) is 1. The minimum Gasteiger partial charge on any atom is -0.444 e. The fourth-order valence-electron chi connectivity index (χ4n) is 2.04. The lowest BCUT2D eigenvalue weighted by molar-refractivity contribution is 0.155. The summed E-state index contributed by atoms with van der Waals surface area (Å²) in [6.07, 6.45) is -0.544. The lowest BCUT2D eigenvalue weighted by atomic mass is 10.2. The van der Waals surface area contributed by atoms with E-state index in [2.05, 4.69) is 26.2 Å². The molecule has 0 fully saturated rings. The molecule has 3 rings (SSSR count). The van der Waals surface area contributed by atoms with Gasteiger partial charge in [-0.1, -0.05) is 57.9 Å². The van der Waals surface area contributed by atoms with Crippen molar-refractivity contribution in [3.8, 4) is 11.3 Å². The number of thiazole rings is 1. The standard InChI is InChI=1S/C17H12BrClN2O2S/c18-13-7-5-11(6-8-13)15-16(24-10-20-15)21-17(22)23-9-12-3-1-2-4-14(12)19/h1-8,10H,9H2,(H,21,22). The van der Waals surface area contributed by atoms with Gasteiger partial charge < -0.3 is 4.74 Å². The minimum atomic E-state index is -0.544. The molecule has 2 aromatic carbocycles. The summed E-state index contributed by atoms with van der Waals surface area (Å²) in [4.78, 5) is 16.3. The molecule has 122 valence electrons. The van der Waals surface area contributed by atoms with Gasteiger partial charge in [0, 0.05) is 20.6 Å². The molecule has 3 aromatic rings. The van der Waals surface area contributed by atoms with Gasteiger partial charge in [0.05, 0.1) is 5.51 Å². The molecule has 0 bridgehead atoms. The number of amides is 1. The van der Waals surface area contributed by atoms with Crippen molar-refractivity contribution in [2.45, 2.75) is 6.61 Å². The number of carbonyl (C=O) groups excluding carboxylic acids is 1. The average molecular weight is 424 g/mol. The SMILES string of the molecule is O=C(Nc1scnc1-c1ccc(Br)cc1)OCc1ccccc1Cl. The van der Waals surface area contributed by atoms with Crippen LogP contribution in [0.25, 0.3) is 11.3 Å². The van der Waals surface area contributed by atoms with Crippen LogP contribution in [0, 0.1) is 0 Å². The summed E-state index contributed by atoms with van der Waals surface area (Å²) >= 11 is 10.8. The van der Waals surface area contributed by atoms with Crippen molar-refractivity contribution < 1.29 is 9.53 Å². The van der Waals surface area contributed by atoms with Gasteiger partial charge in [0.1, 0.15) is 17.3 Å². The lowest BCUT2D eigenvalue weighted by Crippen LogP contribution is -2.13. The molecule has 7 heteroatoms. The molecule has 0 spiro atoms. The van der Waals surface area contributed by atoms with Crippen molar-refractivity contribution in [2.24, 2.45) is 0 Å². The second kappa shape index (κ2) is 7.79. The first-order chi connectivity index (χ1) is 11.6. The molecule has 1 aromatic heterocycles. The van der Waals surface area contributed by atoms with Gasteiger partial charge in [0.15, 0.2) is 0 Å². The minimum absolute atomic E-state index is 0.109. The first kappa shape index (κ1) is 17.0. The van der Waals surface area contributed by atoms with Crippen LogP contribution in [0.4, 0.5) is 9.80 Å². The molecule has 0 unspecified atom stereocenters. The van der Waals surface area contributed by atoms with Crippen molar-refractivity contribution >= 4 is 50.0 Å². The van der Waals surface area contributed by atoms with E-state index in [1.807, 2.05) is 42.5 Å². The number of rotatable bonds is 4. The molecule has 0 aliphatic carbocycles. The number of nitrogens with zero attached hydrogens (tertiary/aromatic N) is 1. The van der Waals surface area contributed by atoms with Gasteiger partial charge in [-0.25, -0.2) is 9.78 Å². The van der Waals surface area contributed by atoms with E-state index in [0.717, 1.165) is 15.6 Å². The smallest absolute Gasteiger partial charge is 0.412 e. The number of anilines is 1. The molecule has 0 saturated carbocycles. The predicted octanol–water partition coefficient (Wildman–Crippen LogP) is 5.97. The van der Waals surface area contributed by atoms with Gasteiger partial charge in [-0.2, -0.15) is 0 Å². The van der Waals surface area contributed by atoms with Gasteiger partial charge in [0.2, 0.25) is 0 Å². The van der Waals surface area contributed by atoms with E-state index < -0.39 is 6.09 Å². The van der Waals surface area contributed by atoms with Crippen LogP contribution in [-0.2, 0) is 11.3 Å². The Morgan fingerprint density at radius 3 is 2.71 bits per heavy atom. The van der Waals surface area contributed by atoms with Crippen LogP contribution in [0.15, 0.2) is 58.5 Å². The Labute approximate surface area is 156 Å². The maximum atomic E-state index is 12.0. The Bertz CT molecular complexity index is 852. The topological polar surface area (TPSA) is 51.2 Å². The maximum Gasteiger partial charge on any atom is 0.412 e. The second-order valence-electron chi connectivity index (χ2n) is 4.83. The normalized spacial score (nSPS) is 10.4. The van der Waals surface area contributed by atoms with Crippen LogP contribution in [0.1, 0.15) is 5.56 Å². The molecule has 0 aliphatic heterocycles. The number of halogens is 2. The van der Waals surface area contributed by atoms with E-state index in [9.17, 15) is 4.79 Å². The molecule has 0 radical (unpaired) electrons. The Balaban J connectivity index is 1.66. The highest BCUT2D eigenvalue weighted by Crippen LogP contribution is 2.31. The van der Waals surface area contributed by atoms with Crippen molar-refractivity contribution in [3.63, 3.8) is 0 Å². The molecular formula is C17H12BrClN2O2S. The van der Waals surface area contributed by atoms with Gasteiger partial charge >= 0.3 is 6.09 Å². The van der Waals surface area contributed by atoms with Gasteiger partial charge in [-0.3, -0.25) is 5.32 Å². The highest BCUT2D eigenvalue weighted by molar-refractivity contribution is 9.10. The quantitative estimate of drug-likeness (QED) is 0.562. The number of carbonyl (C=O) groups is 1. The lowest BCUT2D eigenvalue weighted by Gasteiger charge is -2.08. The van der Waals surface area contributed by atoms with Crippen LogP contribution in [0.3, 0.4) is 0 Å². The first-order valence-electron chi connectivity index (χ1n) is 7.00. The molecule has 0 aliphatic rings. The van der Waals surface area contributed by atoms with E-state index in [-0.39, 0.29) is 6.61 Å². The van der Waals surface area contributed by atoms with E-state index in [0.29, 0.717) is 15.7 Å². The zero-order valence-corrected chi connectivity index (χ0v) is 15.5. The highest BCUT2D eigenvalue weighted by Gasteiger charge is 2.13. The number of hydrogen-bond donors (Lipinski definition) is 1. The highest BCUT2D eigenvalue weighted by atomic mass is 79.9. The zero-order valence-electron chi connectivity index (χ0n) is 12.3. The Morgan fingerprint density at radius 2 is 1.96 bits per heavy atom. The third-order valence-corrected chi connectivity index (χ3v) is 4.86. The Morgan fingerprint density at radius 1 is 1.21 bits per heavy atom. The molecular weight excluding hydrogens is 412 g/mol. The van der Waals surface area contributed by atoms with Gasteiger partial charge in [0.25, 0.3) is 0 Å². The van der Waals surface area contributed by atoms with Crippen LogP contribution in [0.5, 0.6) is 0 Å². The molecule has 0 saturated heterocycles. The number of aromatic nitrogens is 1. The van der Waals surface area contributed by atoms with Gasteiger partial charge in [-0.05, 0) is 18.2 Å². The molecule has 1 N–H and O–H groups in total. The molecule has 4 nitrogen and oxygen atoms in total. The van der Waals surface area contributed by atoms with E-state index in [1.54, 1.807) is 11.6 Å². The number of nitrogens with one attached hydrogen (secondary N) is 1. The molecule has 1 amide bonds. The fraction of sp³-hybridized carbons (Fsp3) is 0.0588. The summed E-state index contributed by atoms with van der Waals surface area (Å²) in [5, 5.41) is 3.94. The van der Waals surface area contributed by atoms with Crippen molar-refractivity contribution in [3.05, 3.63) is 69.1 Å². The summed E-state index contributed by atoms with van der Waals surface area (Å²) in [7, 11) is 0. The molecule has 1 heterocycles. The van der Waals surface area contributed by atoms with Gasteiger partial charge in [-0.15, -0.1) is 11.3 Å². The Kier molecular flexibility index (Phi) is 5.50. The first-order valence-corrected chi connectivity index (χ1v) is 9.05. The van der Waals surface area contributed by atoms with E-state index in [1.165, 1.54) is 11.3 Å². The summed E-state index contributed by atoms with van der Waals surface area (Å²) < 4.78 is 6.21. The van der Waals surface area contributed by atoms with Crippen molar-refractivity contribution in [1.82, 2.24) is 4.98 Å². The summed E-state index contributed by atoms with van der Waals surface area (Å²) in [5.74, 6) is 0. The molecule has 0 atom stereocenters. The summed E-state index contributed by atoms with van der Waals surface area (Å²) in [6.45, 7) is 0.109.